The minimum Gasteiger partial charge on any atom is -0.479 e. The summed E-state index contributed by atoms with van der Waals surface area (Å²) >= 11 is 3.39. The van der Waals surface area contributed by atoms with E-state index in [2.05, 4.69) is 26.1 Å². The summed E-state index contributed by atoms with van der Waals surface area (Å²) in [6, 6.07) is 5.61. The highest BCUT2D eigenvalue weighted by Crippen LogP contribution is 2.58. The van der Waals surface area contributed by atoms with Crippen molar-refractivity contribution < 1.29 is 9.90 Å². The number of aromatic nitrogens is 3. The van der Waals surface area contributed by atoms with Gasteiger partial charge < -0.3 is 5.11 Å². The number of halogens is 1. The predicted molar refractivity (Wildman–Crippen MR) is 71.7 cm³/mol. The van der Waals surface area contributed by atoms with E-state index in [-0.39, 0.29) is 0 Å². The molecule has 0 saturated heterocycles. The van der Waals surface area contributed by atoms with Gasteiger partial charge in [-0.05, 0) is 49.3 Å². The number of aliphatic carboxylic acids is 1. The second-order valence-electron chi connectivity index (χ2n) is 5.62. The number of nitrogens with zero attached hydrogens (tertiary/aromatic N) is 3. The highest BCUT2D eigenvalue weighted by atomic mass is 79.9. The molecule has 0 aliphatic heterocycles. The molecule has 1 unspecified atom stereocenters. The lowest BCUT2D eigenvalue weighted by Crippen LogP contribution is -2.42. The smallest absolute Gasteiger partial charge is 0.333 e. The largest absolute Gasteiger partial charge is 0.479 e. The standard InChI is InChI=1S/C13H12BrN3O2/c14-9-1-2-10-11(4-9)16-17(15-10)13(12(18)19)5-7-3-8(7)6-13/h1-2,4,7-8H,3,5-6H2,(H,18,19)/t7-,8+,13?. The molecular weight excluding hydrogens is 310 g/mol. The van der Waals surface area contributed by atoms with E-state index in [1.807, 2.05) is 18.2 Å². The zero-order valence-corrected chi connectivity index (χ0v) is 11.7. The monoisotopic (exact) mass is 321 g/mol. The third kappa shape index (κ3) is 1.55. The van der Waals surface area contributed by atoms with Gasteiger partial charge in [-0.3, -0.25) is 0 Å². The van der Waals surface area contributed by atoms with Gasteiger partial charge in [-0.1, -0.05) is 15.9 Å². The summed E-state index contributed by atoms with van der Waals surface area (Å²) in [5, 5.41) is 18.4. The summed E-state index contributed by atoms with van der Waals surface area (Å²) in [4.78, 5) is 13.2. The molecule has 1 aromatic carbocycles. The molecule has 5 nitrogen and oxygen atoms in total. The molecule has 1 N–H and O–H groups in total. The van der Waals surface area contributed by atoms with Gasteiger partial charge >= 0.3 is 5.97 Å². The van der Waals surface area contributed by atoms with Gasteiger partial charge in [0.05, 0.1) is 0 Å². The van der Waals surface area contributed by atoms with Crippen LogP contribution in [0.25, 0.3) is 11.0 Å². The quantitative estimate of drug-likeness (QED) is 0.922. The number of rotatable bonds is 2. The molecule has 1 heterocycles. The number of hydrogen-bond acceptors (Lipinski definition) is 3. The van der Waals surface area contributed by atoms with E-state index in [0.717, 1.165) is 15.5 Å². The lowest BCUT2D eigenvalue weighted by atomic mass is 9.94. The molecule has 2 aliphatic rings. The molecule has 3 atom stereocenters. The van der Waals surface area contributed by atoms with Crippen LogP contribution in [0.2, 0.25) is 0 Å². The summed E-state index contributed by atoms with van der Waals surface area (Å²) in [5.74, 6) is 0.299. The van der Waals surface area contributed by atoms with E-state index in [9.17, 15) is 9.90 Å². The first-order valence-electron chi connectivity index (χ1n) is 6.35. The van der Waals surface area contributed by atoms with Gasteiger partial charge in [0, 0.05) is 4.47 Å². The van der Waals surface area contributed by atoms with Gasteiger partial charge in [-0.15, -0.1) is 0 Å². The average Bonchev–Trinajstić information content (AvgIpc) is 2.83. The highest BCUT2D eigenvalue weighted by molar-refractivity contribution is 9.10. The zero-order valence-electron chi connectivity index (χ0n) is 10.1. The van der Waals surface area contributed by atoms with Crippen molar-refractivity contribution >= 4 is 32.9 Å². The Labute approximate surface area is 117 Å². The lowest BCUT2D eigenvalue weighted by molar-refractivity contribution is -0.149. The molecule has 2 aliphatic carbocycles. The van der Waals surface area contributed by atoms with E-state index in [1.54, 1.807) is 0 Å². The maximum atomic E-state index is 11.7. The Morgan fingerprint density at radius 2 is 2.00 bits per heavy atom. The van der Waals surface area contributed by atoms with Gasteiger partial charge in [0.25, 0.3) is 0 Å². The van der Waals surface area contributed by atoms with Crippen molar-refractivity contribution in [1.82, 2.24) is 15.0 Å². The van der Waals surface area contributed by atoms with Gasteiger partial charge in [0.15, 0.2) is 5.54 Å². The molecule has 0 spiro atoms. The SMILES string of the molecule is O=C(O)C1(n2nc3ccc(Br)cc3n2)C[C@H]2C[C@H]2C1. The Morgan fingerprint density at radius 1 is 1.32 bits per heavy atom. The van der Waals surface area contributed by atoms with E-state index in [0.29, 0.717) is 24.7 Å². The minimum atomic E-state index is -0.931. The van der Waals surface area contributed by atoms with Crippen molar-refractivity contribution in [2.45, 2.75) is 24.8 Å². The first kappa shape index (κ1) is 11.4. The Morgan fingerprint density at radius 3 is 2.68 bits per heavy atom. The maximum absolute atomic E-state index is 11.7. The van der Waals surface area contributed by atoms with Crippen molar-refractivity contribution in [3.8, 4) is 0 Å². The van der Waals surface area contributed by atoms with Crippen molar-refractivity contribution in [2.75, 3.05) is 0 Å². The van der Waals surface area contributed by atoms with Crippen LogP contribution in [0.3, 0.4) is 0 Å². The molecule has 2 aromatic rings. The molecule has 98 valence electrons. The second kappa shape index (κ2) is 3.56. The summed E-state index contributed by atoms with van der Waals surface area (Å²) in [5.41, 5.74) is 0.541. The normalized spacial score (nSPS) is 32.5. The van der Waals surface area contributed by atoms with Gasteiger partial charge in [0.2, 0.25) is 0 Å². The van der Waals surface area contributed by atoms with E-state index in [4.69, 9.17) is 0 Å². The first-order valence-corrected chi connectivity index (χ1v) is 7.14. The number of carboxylic acid groups (broad SMARTS) is 1. The molecule has 0 bridgehead atoms. The fourth-order valence-electron chi connectivity index (χ4n) is 3.26. The van der Waals surface area contributed by atoms with Gasteiger partial charge in [-0.2, -0.15) is 15.0 Å². The fourth-order valence-corrected chi connectivity index (χ4v) is 3.61. The average molecular weight is 322 g/mol. The molecular formula is C13H12BrN3O2. The number of carboxylic acids is 1. The Balaban J connectivity index is 1.85. The lowest BCUT2D eigenvalue weighted by Gasteiger charge is -2.24. The molecule has 6 heteroatoms. The number of benzene rings is 1. The van der Waals surface area contributed by atoms with Crippen LogP contribution >= 0.6 is 15.9 Å². The first-order chi connectivity index (χ1) is 9.08. The molecule has 2 fully saturated rings. The van der Waals surface area contributed by atoms with E-state index in [1.165, 1.54) is 11.2 Å². The van der Waals surface area contributed by atoms with Crippen molar-refractivity contribution in [3.05, 3.63) is 22.7 Å². The van der Waals surface area contributed by atoms with Crippen LogP contribution in [0.15, 0.2) is 22.7 Å². The van der Waals surface area contributed by atoms with Gasteiger partial charge in [-0.25, -0.2) is 4.79 Å². The zero-order chi connectivity index (χ0) is 13.2. The molecule has 4 rings (SSSR count). The van der Waals surface area contributed by atoms with Crippen molar-refractivity contribution in [2.24, 2.45) is 11.8 Å². The summed E-state index contributed by atoms with van der Waals surface area (Å²) < 4.78 is 0.922. The predicted octanol–water partition coefficient (Wildman–Crippen LogP) is 2.40. The van der Waals surface area contributed by atoms with Crippen molar-refractivity contribution in [3.63, 3.8) is 0 Å². The molecule has 19 heavy (non-hydrogen) atoms. The summed E-state index contributed by atoms with van der Waals surface area (Å²) in [7, 11) is 0. The Bertz CT molecular complexity index is 686. The van der Waals surface area contributed by atoms with Crippen LogP contribution in [0.5, 0.6) is 0 Å². The molecule has 1 aromatic heterocycles. The molecule has 0 radical (unpaired) electrons. The Hall–Kier alpha value is -1.43. The van der Waals surface area contributed by atoms with Crippen LogP contribution < -0.4 is 0 Å². The van der Waals surface area contributed by atoms with Crippen LogP contribution in [0, 0.1) is 11.8 Å². The fraction of sp³-hybridized carbons (Fsp3) is 0.462. The van der Waals surface area contributed by atoms with Crippen LogP contribution in [0.1, 0.15) is 19.3 Å². The minimum absolute atomic E-state index is 0.553. The number of hydrogen-bond donors (Lipinski definition) is 1. The van der Waals surface area contributed by atoms with Crippen molar-refractivity contribution in [1.29, 1.82) is 0 Å². The highest BCUT2D eigenvalue weighted by Gasteiger charge is 2.60. The number of carbonyl (C=O) groups is 1. The molecule has 0 amide bonds. The summed E-state index contributed by atoms with van der Waals surface area (Å²) in [6.45, 7) is 0. The van der Waals surface area contributed by atoms with E-state index >= 15 is 0 Å². The summed E-state index contributed by atoms with van der Waals surface area (Å²) in [6.07, 6.45) is 2.49. The van der Waals surface area contributed by atoms with Crippen LogP contribution in [-0.2, 0) is 10.3 Å². The topological polar surface area (TPSA) is 68.0 Å². The maximum Gasteiger partial charge on any atom is 0.333 e. The van der Waals surface area contributed by atoms with Crippen LogP contribution in [0.4, 0.5) is 0 Å². The van der Waals surface area contributed by atoms with E-state index < -0.39 is 11.5 Å². The van der Waals surface area contributed by atoms with Crippen LogP contribution in [-0.4, -0.2) is 26.1 Å². The van der Waals surface area contributed by atoms with Gasteiger partial charge in [0.1, 0.15) is 11.0 Å². The second-order valence-corrected chi connectivity index (χ2v) is 6.54. The third-order valence-corrected chi connectivity index (χ3v) is 4.89. The number of fused-ring (bicyclic) bond motifs is 2. The molecule has 2 saturated carbocycles. The Kier molecular flexibility index (Phi) is 2.14. The third-order valence-electron chi connectivity index (χ3n) is 4.39.